The Kier molecular flexibility index (Phi) is 3.73. The van der Waals surface area contributed by atoms with Crippen LogP contribution in [0.3, 0.4) is 0 Å². The van der Waals surface area contributed by atoms with Gasteiger partial charge in [-0.1, -0.05) is 6.07 Å². The maximum atomic E-state index is 11.1. The number of nitro benzene ring substituents is 1. The second kappa shape index (κ2) is 5.46. The van der Waals surface area contributed by atoms with E-state index in [-0.39, 0.29) is 5.69 Å². The summed E-state index contributed by atoms with van der Waals surface area (Å²) in [6.07, 6.45) is 0. The van der Waals surface area contributed by atoms with E-state index in [9.17, 15) is 10.1 Å². The number of thiazole rings is 1. The Balaban J connectivity index is 2.24. The number of nitrogens with one attached hydrogen (secondary N) is 2. The first kappa shape index (κ1) is 12.3. The van der Waals surface area contributed by atoms with E-state index in [1.807, 2.05) is 5.38 Å². The van der Waals surface area contributed by atoms with Crippen LogP contribution in [-0.4, -0.2) is 17.0 Å². The molecule has 0 aliphatic carbocycles. The lowest BCUT2D eigenvalue weighted by Crippen LogP contribution is -2.05. The lowest BCUT2D eigenvalue weighted by molar-refractivity contribution is -0.383. The van der Waals surface area contributed by atoms with E-state index in [4.69, 9.17) is 0 Å². The molecule has 0 aliphatic heterocycles. The van der Waals surface area contributed by atoms with Gasteiger partial charge < -0.3 is 10.6 Å². The SMILES string of the molecule is CNc1cccc(NCc2cscn2)c1[N+](=O)[O-]. The molecule has 0 saturated heterocycles. The van der Waals surface area contributed by atoms with Gasteiger partial charge in [-0.2, -0.15) is 0 Å². The van der Waals surface area contributed by atoms with E-state index in [0.29, 0.717) is 17.9 Å². The molecule has 7 heteroatoms. The van der Waals surface area contributed by atoms with Crippen LogP contribution in [0.4, 0.5) is 17.1 Å². The van der Waals surface area contributed by atoms with Gasteiger partial charge in [-0.3, -0.25) is 10.1 Å². The summed E-state index contributed by atoms with van der Waals surface area (Å²) in [4.78, 5) is 14.8. The number of hydrogen-bond donors (Lipinski definition) is 2. The zero-order valence-corrected chi connectivity index (χ0v) is 10.5. The summed E-state index contributed by atoms with van der Waals surface area (Å²) >= 11 is 1.50. The highest BCUT2D eigenvalue weighted by atomic mass is 32.1. The van der Waals surface area contributed by atoms with Gasteiger partial charge in [0.15, 0.2) is 0 Å². The molecular weight excluding hydrogens is 252 g/mol. The van der Waals surface area contributed by atoms with Crippen LogP contribution in [0.25, 0.3) is 0 Å². The molecule has 0 unspecified atom stereocenters. The molecule has 0 bridgehead atoms. The highest BCUT2D eigenvalue weighted by molar-refractivity contribution is 7.07. The monoisotopic (exact) mass is 264 g/mol. The second-order valence-corrected chi connectivity index (χ2v) is 4.26. The molecule has 6 nitrogen and oxygen atoms in total. The fraction of sp³-hybridized carbons (Fsp3) is 0.182. The number of benzene rings is 1. The number of nitro groups is 1. The van der Waals surface area contributed by atoms with Gasteiger partial charge in [0.25, 0.3) is 0 Å². The van der Waals surface area contributed by atoms with Crippen molar-refractivity contribution in [3.63, 3.8) is 0 Å². The van der Waals surface area contributed by atoms with Gasteiger partial charge in [0.1, 0.15) is 11.4 Å². The van der Waals surface area contributed by atoms with Crippen LogP contribution in [0.15, 0.2) is 29.1 Å². The summed E-state index contributed by atoms with van der Waals surface area (Å²) in [5, 5.41) is 18.8. The number of aromatic nitrogens is 1. The molecule has 0 fully saturated rings. The van der Waals surface area contributed by atoms with Crippen LogP contribution in [-0.2, 0) is 6.54 Å². The average molecular weight is 264 g/mol. The van der Waals surface area contributed by atoms with E-state index >= 15 is 0 Å². The number of para-hydroxylation sites is 1. The first-order valence-electron chi connectivity index (χ1n) is 5.28. The molecular formula is C11H12N4O2S. The van der Waals surface area contributed by atoms with E-state index in [0.717, 1.165) is 5.69 Å². The van der Waals surface area contributed by atoms with Crippen LogP contribution in [0.1, 0.15) is 5.69 Å². The molecule has 2 aromatic rings. The van der Waals surface area contributed by atoms with Gasteiger partial charge in [-0.25, -0.2) is 4.98 Å². The van der Waals surface area contributed by atoms with Crippen molar-refractivity contribution in [1.29, 1.82) is 0 Å². The number of hydrogen-bond acceptors (Lipinski definition) is 6. The summed E-state index contributed by atoms with van der Waals surface area (Å²) in [6, 6.07) is 5.12. The first-order chi connectivity index (χ1) is 8.72. The lowest BCUT2D eigenvalue weighted by Gasteiger charge is -2.08. The molecule has 0 saturated carbocycles. The Labute approximate surface area is 108 Å². The van der Waals surface area contributed by atoms with Gasteiger partial charge in [0.2, 0.25) is 0 Å². The quantitative estimate of drug-likeness (QED) is 0.641. The van der Waals surface area contributed by atoms with Crippen LogP contribution >= 0.6 is 11.3 Å². The predicted molar refractivity (Wildman–Crippen MR) is 72.1 cm³/mol. The van der Waals surface area contributed by atoms with Crippen LogP contribution in [0, 0.1) is 10.1 Å². The molecule has 0 atom stereocenters. The molecule has 1 heterocycles. The maximum absolute atomic E-state index is 11.1. The standard InChI is InChI=1S/C11H12N4O2S/c1-12-9-3-2-4-10(11(9)15(16)17)13-5-8-6-18-7-14-8/h2-4,6-7,12-13H,5H2,1H3. The van der Waals surface area contributed by atoms with E-state index in [2.05, 4.69) is 15.6 Å². The fourth-order valence-electron chi connectivity index (χ4n) is 1.60. The summed E-state index contributed by atoms with van der Waals surface area (Å²) in [5.74, 6) is 0. The summed E-state index contributed by atoms with van der Waals surface area (Å²) in [5.41, 5.74) is 3.62. The summed E-state index contributed by atoms with van der Waals surface area (Å²) in [7, 11) is 1.66. The summed E-state index contributed by atoms with van der Waals surface area (Å²) in [6.45, 7) is 0.470. The van der Waals surface area contributed by atoms with E-state index in [1.54, 1.807) is 30.8 Å². The topological polar surface area (TPSA) is 80.1 Å². The molecule has 0 amide bonds. The third-order valence-electron chi connectivity index (χ3n) is 2.43. The van der Waals surface area contributed by atoms with Crippen molar-refractivity contribution in [2.45, 2.75) is 6.54 Å². The van der Waals surface area contributed by atoms with Gasteiger partial charge >= 0.3 is 5.69 Å². The molecule has 0 aliphatic rings. The first-order valence-corrected chi connectivity index (χ1v) is 6.22. The van der Waals surface area contributed by atoms with E-state index in [1.165, 1.54) is 11.3 Å². The zero-order chi connectivity index (χ0) is 13.0. The third-order valence-corrected chi connectivity index (χ3v) is 3.07. The number of nitrogens with zero attached hydrogens (tertiary/aromatic N) is 2. The Bertz CT molecular complexity index is 542. The van der Waals surface area contributed by atoms with Gasteiger partial charge in [0, 0.05) is 12.4 Å². The summed E-state index contributed by atoms with van der Waals surface area (Å²) < 4.78 is 0. The molecule has 2 N–H and O–H groups in total. The molecule has 1 aromatic heterocycles. The Morgan fingerprint density at radius 1 is 1.44 bits per heavy atom. The second-order valence-electron chi connectivity index (χ2n) is 3.54. The van der Waals surface area contributed by atoms with Gasteiger partial charge in [-0.15, -0.1) is 11.3 Å². The Hall–Kier alpha value is -2.15. The van der Waals surface area contributed by atoms with Crippen LogP contribution in [0.2, 0.25) is 0 Å². The zero-order valence-electron chi connectivity index (χ0n) is 9.71. The minimum absolute atomic E-state index is 0.0511. The van der Waals surface area contributed by atoms with Crippen molar-refractivity contribution in [3.8, 4) is 0 Å². The van der Waals surface area contributed by atoms with Crippen molar-refractivity contribution in [3.05, 3.63) is 44.9 Å². The van der Waals surface area contributed by atoms with Crippen molar-refractivity contribution in [2.24, 2.45) is 0 Å². The van der Waals surface area contributed by atoms with Crippen molar-refractivity contribution in [1.82, 2.24) is 4.98 Å². The van der Waals surface area contributed by atoms with Crippen molar-refractivity contribution < 1.29 is 4.92 Å². The Morgan fingerprint density at radius 2 is 2.22 bits per heavy atom. The molecule has 0 spiro atoms. The van der Waals surface area contributed by atoms with Crippen molar-refractivity contribution in [2.75, 3.05) is 17.7 Å². The molecule has 0 radical (unpaired) electrons. The predicted octanol–water partition coefficient (Wildman–Crippen LogP) is 2.71. The average Bonchev–Trinajstić information content (AvgIpc) is 2.88. The maximum Gasteiger partial charge on any atom is 0.315 e. The van der Waals surface area contributed by atoms with Crippen LogP contribution in [0.5, 0.6) is 0 Å². The lowest BCUT2D eigenvalue weighted by atomic mass is 10.2. The number of rotatable bonds is 5. The molecule has 18 heavy (non-hydrogen) atoms. The molecule has 94 valence electrons. The minimum atomic E-state index is -0.394. The smallest absolute Gasteiger partial charge is 0.315 e. The highest BCUT2D eigenvalue weighted by Crippen LogP contribution is 2.32. The van der Waals surface area contributed by atoms with Crippen LogP contribution < -0.4 is 10.6 Å². The minimum Gasteiger partial charge on any atom is -0.382 e. The molecule has 2 rings (SSSR count). The normalized spacial score (nSPS) is 10.1. The third kappa shape index (κ3) is 2.57. The van der Waals surface area contributed by atoms with Gasteiger partial charge in [-0.05, 0) is 12.1 Å². The van der Waals surface area contributed by atoms with Crippen molar-refractivity contribution >= 4 is 28.4 Å². The number of anilines is 2. The largest absolute Gasteiger partial charge is 0.382 e. The molecule has 1 aromatic carbocycles. The van der Waals surface area contributed by atoms with Gasteiger partial charge in [0.05, 0.1) is 22.7 Å². The highest BCUT2D eigenvalue weighted by Gasteiger charge is 2.18. The Morgan fingerprint density at radius 3 is 2.83 bits per heavy atom. The van der Waals surface area contributed by atoms with E-state index < -0.39 is 4.92 Å². The fourth-order valence-corrected chi connectivity index (χ4v) is 2.15.